The third-order valence-electron chi connectivity index (χ3n) is 3.35. The molecule has 0 unspecified atom stereocenters. The summed E-state index contributed by atoms with van der Waals surface area (Å²) >= 11 is 1.88. The lowest BCUT2D eigenvalue weighted by atomic mass is 9.98. The van der Waals surface area contributed by atoms with Gasteiger partial charge in [-0.2, -0.15) is 0 Å². The van der Waals surface area contributed by atoms with Crippen molar-refractivity contribution in [2.45, 2.75) is 32.1 Å². The Balaban J connectivity index is 2.06. The second kappa shape index (κ2) is 5.25. The molecule has 3 nitrogen and oxygen atoms in total. The number of rotatable bonds is 3. The lowest BCUT2D eigenvalue weighted by Crippen LogP contribution is -2.29. The van der Waals surface area contributed by atoms with Crippen LogP contribution in [0.25, 0.3) is 0 Å². The van der Waals surface area contributed by atoms with Crippen molar-refractivity contribution in [3.63, 3.8) is 0 Å². The molecule has 0 bridgehead atoms. The van der Waals surface area contributed by atoms with E-state index in [-0.39, 0.29) is 0 Å². The standard InChI is InChI=1S/C12H21N3S/c1-9-11(3-6-13)16-12(14-9)10-4-7-15(2)8-5-10/h10H,3-8,13H2,1-2H3. The van der Waals surface area contributed by atoms with Crippen molar-refractivity contribution in [2.24, 2.45) is 5.73 Å². The monoisotopic (exact) mass is 239 g/mol. The van der Waals surface area contributed by atoms with E-state index in [1.807, 2.05) is 11.3 Å². The summed E-state index contributed by atoms with van der Waals surface area (Å²) in [5.74, 6) is 0.687. The zero-order valence-electron chi connectivity index (χ0n) is 10.2. The molecule has 2 N–H and O–H groups in total. The third kappa shape index (κ3) is 2.62. The molecule has 0 spiro atoms. The van der Waals surface area contributed by atoms with Gasteiger partial charge >= 0.3 is 0 Å². The van der Waals surface area contributed by atoms with Crippen molar-refractivity contribution in [2.75, 3.05) is 26.7 Å². The first-order chi connectivity index (χ1) is 7.70. The Labute approximate surface area is 102 Å². The van der Waals surface area contributed by atoms with Gasteiger partial charge in [0.05, 0.1) is 10.7 Å². The second-order valence-corrected chi connectivity index (χ2v) is 5.79. The molecule has 0 radical (unpaired) electrons. The van der Waals surface area contributed by atoms with Crippen LogP contribution in [-0.2, 0) is 6.42 Å². The summed E-state index contributed by atoms with van der Waals surface area (Å²) in [5.41, 5.74) is 6.81. The molecule has 16 heavy (non-hydrogen) atoms. The third-order valence-corrected chi connectivity index (χ3v) is 4.73. The molecule has 0 atom stereocenters. The van der Waals surface area contributed by atoms with Crippen molar-refractivity contribution in [3.05, 3.63) is 15.6 Å². The fourth-order valence-electron chi connectivity index (χ4n) is 2.24. The van der Waals surface area contributed by atoms with Crippen LogP contribution in [-0.4, -0.2) is 36.6 Å². The van der Waals surface area contributed by atoms with Gasteiger partial charge in [0.15, 0.2) is 0 Å². The van der Waals surface area contributed by atoms with Crippen LogP contribution in [0.3, 0.4) is 0 Å². The molecule has 1 saturated heterocycles. The number of nitrogens with zero attached hydrogens (tertiary/aromatic N) is 2. The highest BCUT2D eigenvalue weighted by atomic mass is 32.1. The first-order valence-corrected chi connectivity index (χ1v) is 6.87. The van der Waals surface area contributed by atoms with Gasteiger partial charge in [-0.1, -0.05) is 0 Å². The second-order valence-electron chi connectivity index (χ2n) is 4.68. The largest absolute Gasteiger partial charge is 0.330 e. The number of nitrogens with two attached hydrogens (primary N) is 1. The minimum atomic E-state index is 0.687. The topological polar surface area (TPSA) is 42.2 Å². The van der Waals surface area contributed by atoms with Crippen LogP contribution >= 0.6 is 11.3 Å². The number of aromatic nitrogens is 1. The molecule has 1 aliphatic heterocycles. The number of hydrogen-bond acceptors (Lipinski definition) is 4. The molecule has 1 aromatic heterocycles. The highest BCUT2D eigenvalue weighted by Gasteiger charge is 2.21. The summed E-state index contributed by atoms with van der Waals surface area (Å²) in [6, 6.07) is 0. The minimum absolute atomic E-state index is 0.687. The van der Waals surface area contributed by atoms with Crippen LogP contribution in [0, 0.1) is 6.92 Å². The van der Waals surface area contributed by atoms with Crippen molar-refractivity contribution < 1.29 is 0 Å². The van der Waals surface area contributed by atoms with Gasteiger partial charge in [0.2, 0.25) is 0 Å². The van der Waals surface area contributed by atoms with Gasteiger partial charge < -0.3 is 10.6 Å². The molecule has 0 saturated carbocycles. The number of likely N-dealkylation sites (tertiary alicyclic amines) is 1. The zero-order chi connectivity index (χ0) is 11.5. The van der Waals surface area contributed by atoms with Crippen LogP contribution in [0.5, 0.6) is 0 Å². The first kappa shape index (κ1) is 12.0. The van der Waals surface area contributed by atoms with E-state index in [9.17, 15) is 0 Å². The van der Waals surface area contributed by atoms with E-state index in [2.05, 4.69) is 18.9 Å². The molecule has 90 valence electrons. The summed E-state index contributed by atoms with van der Waals surface area (Å²) in [7, 11) is 2.20. The lowest BCUT2D eigenvalue weighted by Gasteiger charge is -2.27. The van der Waals surface area contributed by atoms with Gasteiger partial charge in [0.1, 0.15) is 0 Å². The quantitative estimate of drug-likeness (QED) is 0.874. The van der Waals surface area contributed by atoms with E-state index in [4.69, 9.17) is 10.7 Å². The SMILES string of the molecule is Cc1nc(C2CCN(C)CC2)sc1CCN. The Morgan fingerprint density at radius 3 is 2.75 bits per heavy atom. The molecular formula is C12H21N3S. The van der Waals surface area contributed by atoms with E-state index >= 15 is 0 Å². The maximum absolute atomic E-state index is 5.61. The molecule has 0 aromatic carbocycles. The molecule has 0 aliphatic carbocycles. The minimum Gasteiger partial charge on any atom is -0.330 e. The van der Waals surface area contributed by atoms with Crippen molar-refractivity contribution in [1.29, 1.82) is 0 Å². The average Bonchev–Trinajstić information content (AvgIpc) is 2.62. The van der Waals surface area contributed by atoms with Crippen LogP contribution in [0.2, 0.25) is 0 Å². The van der Waals surface area contributed by atoms with Crippen LogP contribution in [0.15, 0.2) is 0 Å². The molecule has 2 heterocycles. The Hall–Kier alpha value is -0.450. The molecule has 0 amide bonds. The number of thiazole rings is 1. The van der Waals surface area contributed by atoms with E-state index in [0.717, 1.165) is 13.0 Å². The van der Waals surface area contributed by atoms with Gasteiger partial charge in [-0.25, -0.2) is 4.98 Å². The summed E-state index contributed by atoms with van der Waals surface area (Å²) in [6.07, 6.45) is 3.49. The van der Waals surface area contributed by atoms with E-state index in [0.29, 0.717) is 5.92 Å². The molecule has 1 aromatic rings. The molecule has 1 fully saturated rings. The maximum atomic E-state index is 5.61. The predicted octanol–water partition coefficient (Wildman–Crippen LogP) is 1.76. The predicted molar refractivity (Wildman–Crippen MR) is 69.1 cm³/mol. The highest BCUT2D eigenvalue weighted by molar-refractivity contribution is 7.11. The zero-order valence-corrected chi connectivity index (χ0v) is 11.0. The van der Waals surface area contributed by atoms with Gasteiger partial charge in [0.25, 0.3) is 0 Å². The van der Waals surface area contributed by atoms with Crippen molar-refractivity contribution >= 4 is 11.3 Å². The number of aryl methyl sites for hydroxylation is 1. The van der Waals surface area contributed by atoms with Gasteiger partial charge in [-0.15, -0.1) is 11.3 Å². The summed E-state index contributed by atoms with van der Waals surface area (Å²) in [5, 5.41) is 1.34. The Kier molecular flexibility index (Phi) is 3.95. The maximum Gasteiger partial charge on any atom is 0.0962 e. The summed E-state index contributed by atoms with van der Waals surface area (Å²) in [4.78, 5) is 8.51. The molecule has 4 heteroatoms. The van der Waals surface area contributed by atoms with Crippen LogP contribution in [0.4, 0.5) is 0 Å². The van der Waals surface area contributed by atoms with E-state index in [1.54, 1.807) is 0 Å². The molecule has 1 aliphatic rings. The highest BCUT2D eigenvalue weighted by Crippen LogP contribution is 2.32. The Bertz CT molecular complexity index is 340. The smallest absolute Gasteiger partial charge is 0.0962 e. The molecule has 2 rings (SSSR count). The van der Waals surface area contributed by atoms with Gasteiger partial charge in [0, 0.05) is 10.8 Å². The fraction of sp³-hybridized carbons (Fsp3) is 0.750. The summed E-state index contributed by atoms with van der Waals surface area (Å²) in [6.45, 7) is 5.25. The molecular weight excluding hydrogens is 218 g/mol. The fourth-order valence-corrected chi connectivity index (χ4v) is 3.49. The number of hydrogen-bond donors (Lipinski definition) is 1. The first-order valence-electron chi connectivity index (χ1n) is 6.05. The lowest BCUT2D eigenvalue weighted by molar-refractivity contribution is 0.255. The van der Waals surface area contributed by atoms with E-state index < -0.39 is 0 Å². The number of piperidine rings is 1. The normalized spacial score (nSPS) is 19.2. The Morgan fingerprint density at radius 2 is 2.12 bits per heavy atom. The van der Waals surface area contributed by atoms with Crippen LogP contribution < -0.4 is 5.73 Å². The Morgan fingerprint density at radius 1 is 1.44 bits per heavy atom. The van der Waals surface area contributed by atoms with Crippen molar-refractivity contribution in [1.82, 2.24) is 9.88 Å². The van der Waals surface area contributed by atoms with Crippen molar-refractivity contribution in [3.8, 4) is 0 Å². The van der Waals surface area contributed by atoms with Gasteiger partial charge in [-0.3, -0.25) is 0 Å². The van der Waals surface area contributed by atoms with Gasteiger partial charge in [-0.05, 0) is 52.9 Å². The van der Waals surface area contributed by atoms with E-state index in [1.165, 1.54) is 41.5 Å². The average molecular weight is 239 g/mol. The summed E-state index contributed by atoms with van der Waals surface area (Å²) < 4.78 is 0. The van der Waals surface area contributed by atoms with Crippen LogP contribution in [0.1, 0.15) is 34.3 Å².